The van der Waals surface area contributed by atoms with Crippen molar-refractivity contribution < 1.29 is 9.53 Å². The van der Waals surface area contributed by atoms with Gasteiger partial charge in [-0.1, -0.05) is 0 Å². The summed E-state index contributed by atoms with van der Waals surface area (Å²) < 4.78 is 7.15. The number of amides is 1. The van der Waals surface area contributed by atoms with E-state index in [9.17, 15) is 4.79 Å². The van der Waals surface area contributed by atoms with Crippen molar-refractivity contribution in [3.05, 3.63) is 30.1 Å². The van der Waals surface area contributed by atoms with Crippen molar-refractivity contribution in [2.24, 2.45) is 12.0 Å². The molecule has 0 radical (unpaired) electrons. The van der Waals surface area contributed by atoms with Crippen LogP contribution in [0.3, 0.4) is 0 Å². The van der Waals surface area contributed by atoms with Crippen LogP contribution >= 0.6 is 0 Å². The molecule has 0 saturated carbocycles. The number of nitrogens with zero attached hydrogens (tertiary/aromatic N) is 4. The number of nitriles is 1. The zero-order chi connectivity index (χ0) is 17.1. The van der Waals surface area contributed by atoms with Crippen molar-refractivity contribution in [2.75, 3.05) is 7.11 Å². The van der Waals surface area contributed by atoms with Crippen LogP contribution in [0.1, 0.15) is 18.4 Å². The number of amidine groups is 1. The van der Waals surface area contributed by atoms with E-state index >= 15 is 0 Å². The SMILES string of the molecule is COc1ccc(-c2cnn(C)c2)c2c1CC(NC(=O)CCC#N)=N2. The van der Waals surface area contributed by atoms with Crippen LogP contribution in [0.4, 0.5) is 5.69 Å². The number of aromatic nitrogens is 2. The largest absolute Gasteiger partial charge is 0.496 e. The first-order valence-electron chi connectivity index (χ1n) is 7.55. The van der Waals surface area contributed by atoms with Crippen molar-refractivity contribution in [2.45, 2.75) is 19.3 Å². The van der Waals surface area contributed by atoms with Crippen LogP contribution < -0.4 is 10.1 Å². The monoisotopic (exact) mass is 323 g/mol. The van der Waals surface area contributed by atoms with E-state index in [4.69, 9.17) is 10.00 Å². The molecule has 0 spiro atoms. The Morgan fingerprint density at radius 3 is 3.00 bits per heavy atom. The van der Waals surface area contributed by atoms with E-state index < -0.39 is 0 Å². The van der Waals surface area contributed by atoms with E-state index in [1.54, 1.807) is 18.0 Å². The molecule has 1 amide bonds. The van der Waals surface area contributed by atoms with Gasteiger partial charge in [0.25, 0.3) is 0 Å². The zero-order valence-corrected chi connectivity index (χ0v) is 13.5. The van der Waals surface area contributed by atoms with Gasteiger partial charge in [-0.25, -0.2) is 4.99 Å². The fourth-order valence-electron chi connectivity index (χ4n) is 2.71. The highest BCUT2D eigenvalue weighted by atomic mass is 16.5. The van der Waals surface area contributed by atoms with Crippen LogP contribution in [0.5, 0.6) is 5.75 Å². The number of carbonyl (C=O) groups is 1. The van der Waals surface area contributed by atoms with Crippen LogP contribution in [0.15, 0.2) is 29.5 Å². The number of aliphatic imine (C=N–C) groups is 1. The molecule has 1 aliphatic rings. The maximum atomic E-state index is 11.8. The molecule has 1 aliphatic heterocycles. The summed E-state index contributed by atoms with van der Waals surface area (Å²) >= 11 is 0. The molecule has 0 aliphatic carbocycles. The fourth-order valence-corrected chi connectivity index (χ4v) is 2.71. The summed E-state index contributed by atoms with van der Waals surface area (Å²) in [6.45, 7) is 0. The lowest BCUT2D eigenvalue weighted by molar-refractivity contribution is -0.119. The van der Waals surface area contributed by atoms with Crippen molar-refractivity contribution in [1.82, 2.24) is 15.1 Å². The molecule has 7 nitrogen and oxygen atoms in total. The van der Waals surface area contributed by atoms with Crippen LogP contribution in [-0.2, 0) is 18.3 Å². The molecule has 0 unspecified atom stereocenters. The van der Waals surface area contributed by atoms with Gasteiger partial charge in [0.15, 0.2) is 0 Å². The minimum Gasteiger partial charge on any atom is -0.496 e. The first-order valence-corrected chi connectivity index (χ1v) is 7.55. The lowest BCUT2D eigenvalue weighted by atomic mass is 10.0. The minimum atomic E-state index is -0.204. The number of hydrogen-bond acceptors (Lipinski definition) is 5. The number of rotatable bonds is 4. The smallest absolute Gasteiger partial charge is 0.226 e. The van der Waals surface area contributed by atoms with Crippen LogP contribution in [0, 0.1) is 11.3 Å². The Balaban J connectivity index is 1.93. The fraction of sp³-hybridized carbons (Fsp3) is 0.294. The predicted molar refractivity (Wildman–Crippen MR) is 89.0 cm³/mol. The van der Waals surface area contributed by atoms with Crippen molar-refractivity contribution in [3.8, 4) is 22.9 Å². The van der Waals surface area contributed by atoms with Gasteiger partial charge in [-0.15, -0.1) is 0 Å². The van der Waals surface area contributed by atoms with Gasteiger partial charge in [0.05, 0.1) is 25.1 Å². The molecular formula is C17H17N5O2. The van der Waals surface area contributed by atoms with Gasteiger partial charge < -0.3 is 10.1 Å². The van der Waals surface area contributed by atoms with Gasteiger partial charge in [0.2, 0.25) is 5.91 Å². The van der Waals surface area contributed by atoms with E-state index in [0.29, 0.717) is 12.3 Å². The molecule has 2 aromatic rings. The summed E-state index contributed by atoms with van der Waals surface area (Å²) in [5.41, 5.74) is 3.63. The number of carbonyl (C=O) groups excluding carboxylic acids is 1. The number of fused-ring (bicyclic) bond motifs is 1. The van der Waals surface area contributed by atoms with E-state index in [0.717, 1.165) is 28.1 Å². The lowest BCUT2D eigenvalue weighted by Gasteiger charge is -2.09. The highest BCUT2D eigenvalue weighted by Crippen LogP contribution is 2.41. The van der Waals surface area contributed by atoms with Gasteiger partial charge in [-0.05, 0) is 12.1 Å². The number of methoxy groups -OCH3 is 1. The molecule has 0 fully saturated rings. The summed E-state index contributed by atoms with van der Waals surface area (Å²) in [5, 5.41) is 15.5. The van der Waals surface area contributed by atoms with Gasteiger partial charge in [0.1, 0.15) is 11.6 Å². The third-order valence-electron chi connectivity index (χ3n) is 3.81. The molecule has 0 saturated heterocycles. The van der Waals surface area contributed by atoms with E-state index in [2.05, 4.69) is 15.4 Å². The molecule has 2 heterocycles. The van der Waals surface area contributed by atoms with Gasteiger partial charge in [-0.3, -0.25) is 9.48 Å². The Morgan fingerprint density at radius 2 is 2.33 bits per heavy atom. The second-order valence-corrected chi connectivity index (χ2v) is 5.49. The molecule has 1 aromatic heterocycles. The minimum absolute atomic E-state index is 0.165. The van der Waals surface area contributed by atoms with Gasteiger partial charge in [-0.2, -0.15) is 10.4 Å². The Morgan fingerprint density at radius 1 is 1.50 bits per heavy atom. The third kappa shape index (κ3) is 2.99. The first kappa shape index (κ1) is 15.7. The lowest BCUT2D eigenvalue weighted by Crippen LogP contribution is -2.30. The highest BCUT2D eigenvalue weighted by molar-refractivity contribution is 6.05. The zero-order valence-electron chi connectivity index (χ0n) is 13.5. The average molecular weight is 323 g/mol. The quantitative estimate of drug-likeness (QED) is 0.932. The second-order valence-electron chi connectivity index (χ2n) is 5.49. The summed E-state index contributed by atoms with van der Waals surface area (Å²) in [5.74, 6) is 1.11. The maximum Gasteiger partial charge on any atom is 0.226 e. The number of ether oxygens (including phenoxy) is 1. The highest BCUT2D eigenvalue weighted by Gasteiger charge is 2.24. The Kier molecular flexibility index (Phi) is 4.29. The number of benzene rings is 1. The Labute approximate surface area is 139 Å². The summed E-state index contributed by atoms with van der Waals surface area (Å²) in [4.78, 5) is 16.4. The molecule has 3 rings (SSSR count). The average Bonchev–Trinajstić information content (AvgIpc) is 3.18. The van der Waals surface area contributed by atoms with Crippen molar-refractivity contribution in [1.29, 1.82) is 5.26 Å². The van der Waals surface area contributed by atoms with Crippen LogP contribution in [0.25, 0.3) is 11.1 Å². The molecule has 0 bridgehead atoms. The molecule has 7 heteroatoms. The first-order chi connectivity index (χ1) is 11.6. The van der Waals surface area contributed by atoms with Crippen LogP contribution in [-0.4, -0.2) is 28.6 Å². The van der Waals surface area contributed by atoms with Crippen molar-refractivity contribution >= 4 is 17.4 Å². The Hall–Kier alpha value is -3.14. The molecular weight excluding hydrogens is 306 g/mol. The van der Waals surface area contributed by atoms with Crippen molar-refractivity contribution in [3.63, 3.8) is 0 Å². The van der Waals surface area contributed by atoms with Gasteiger partial charge >= 0.3 is 0 Å². The second kappa shape index (κ2) is 6.54. The Bertz CT molecular complexity index is 860. The van der Waals surface area contributed by atoms with E-state index in [1.165, 1.54) is 0 Å². The summed E-state index contributed by atoms with van der Waals surface area (Å²) in [6, 6.07) is 5.80. The molecule has 1 aromatic carbocycles. The van der Waals surface area contributed by atoms with E-state index in [1.807, 2.05) is 31.4 Å². The van der Waals surface area contributed by atoms with E-state index in [-0.39, 0.29) is 18.7 Å². The molecule has 122 valence electrons. The topological polar surface area (TPSA) is 92.3 Å². The van der Waals surface area contributed by atoms with Gasteiger partial charge in [0, 0.05) is 49.2 Å². The number of hydrogen-bond donors (Lipinski definition) is 1. The van der Waals surface area contributed by atoms with Crippen LogP contribution in [0.2, 0.25) is 0 Å². The standard InChI is InChI=1S/C17H17N5O2/c1-22-10-11(9-19-22)12-5-6-14(24-2)13-8-15(21-17(12)13)20-16(23)4-3-7-18/h5-6,9-10H,3-4,8H2,1-2H3,(H,20,21,23). The number of nitrogens with one attached hydrogen (secondary N) is 1. The summed E-state index contributed by atoms with van der Waals surface area (Å²) in [7, 11) is 3.47. The molecule has 0 atom stereocenters. The third-order valence-corrected chi connectivity index (χ3v) is 3.81. The maximum absolute atomic E-state index is 11.8. The molecule has 24 heavy (non-hydrogen) atoms. The predicted octanol–water partition coefficient (Wildman–Crippen LogP) is 2.10. The number of aryl methyl sites for hydroxylation is 1. The summed E-state index contributed by atoms with van der Waals surface area (Å²) in [6.07, 6.45) is 4.54. The molecule has 1 N–H and O–H groups in total. The normalized spacial score (nSPS) is 12.3.